The summed E-state index contributed by atoms with van der Waals surface area (Å²) in [6, 6.07) is 27.6. The van der Waals surface area contributed by atoms with Crippen LogP contribution in [0.15, 0.2) is 84.9 Å². The number of amides is 1. The second-order valence-corrected chi connectivity index (χ2v) is 11.5. The standard InChI is InChI=1S/C32H37NO5/c1-30(2,3)38-29(35)33-20-25-26(21-33)32(36,24-17-11-12-18-27(24)37-4)28(34)19-31(25,22-13-7-5-8-14-22)23-15-9-6-10-16-23/h5-18,25-26,28,34,36H,19-21H2,1-4H3. The van der Waals surface area contributed by atoms with E-state index in [1.165, 1.54) is 0 Å². The van der Waals surface area contributed by atoms with Crippen LogP contribution < -0.4 is 4.74 Å². The summed E-state index contributed by atoms with van der Waals surface area (Å²) in [4.78, 5) is 15.1. The van der Waals surface area contributed by atoms with Gasteiger partial charge in [-0.1, -0.05) is 78.9 Å². The van der Waals surface area contributed by atoms with Crippen LogP contribution in [0.3, 0.4) is 0 Å². The summed E-state index contributed by atoms with van der Waals surface area (Å²) < 4.78 is 11.4. The van der Waals surface area contributed by atoms with Crippen molar-refractivity contribution >= 4 is 6.09 Å². The predicted octanol–water partition coefficient (Wildman–Crippen LogP) is 5.12. The normalized spacial score (nSPS) is 26.5. The molecule has 0 spiro atoms. The lowest BCUT2D eigenvalue weighted by Crippen LogP contribution is -2.60. The molecule has 1 aliphatic heterocycles. The molecule has 1 saturated carbocycles. The van der Waals surface area contributed by atoms with E-state index in [1.54, 1.807) is 18.1 Å². The van der Waals surface area contributed by atoms with Crippen LogP contribution in [-0.4, -0.2) is 53.1 Å². The van der Waals surface area contributed by atoms with Gasteiger partial charge in [-0.05, 0) is 50.3 Å². The monoisotopic (exact) mass is 515 g/mol. The van der Waals surface area contributed by atoms with Gasteiger partial charge in [0.05, 0.1) is 13.2 Å². The molecule has 6 nitrogen and oxygen atoms in total. The topological polar surface area (TPSA) is 79.2 Å². The fourth-order valence-electron chi connectivity index (χ4n) is 6.74. The van der Waals surface area contributed by atoms with Crippen molar-refractivity contribution in [2.75, 3.05) is 20.2 Å². The van der Waals surface area contributed by atoms with Crippen molar-refractivity contribution in [2.24, 2.45) is 11.8 Å². The third-order valence-corrected chi connectivity index (χ3v) is 8.31. The molecule has 1 heterocycles. The van der Waals surface area contributed by atoms with Crippen LogP contribution in [-0.2, 0) is 15.8 Å². The van der Waals surface area contributed by atoms with Gasteiger partial charge in [0.15, 0.2) is 0 Å². The first-order chi connectivity index (χ1) is 18.1. The van der Waals surface area contributed by atoms with Crippen LogP contribution in [0.1, 0.15) is 43.9 Å². The van der Waals surface area contributed by atoms with Gasteiger partial charge in [0.2, 0.25) is 0 Å². The number of fused-ring (bicyclic) bond motifs is 1. The van der Waals surface area contributed by atoms with Gasteiger partial charge >= 0.3 is 6.09 Å². The van der Waals surface area contributed by atoms with Gasteiger partial charge in [0, 0.05) is 30.0 Å². The number of aliphatic hydroxyl groups is 2. The van der Waals surface area contributed by atoms with Crippen molar-refractivity contribution in [1.82, 2.24) is 4.90 Å². The number of carbonyl (C=O) groups is 1. The number of hydrogen-bond donors (Lipinski definition) is 2. The Morgan fingerprint density at radius 3 is 1.95 bits per heavy atom. The molecule has 2 N–H and O–H groups in total. The molecule has 1 saturated heterocycles. The summed E-state index contributed by atoms with van der Waals surface area (Å²) in [5.41, 5.74) is -0.301. The molecular formula is C32H37NO5. The van der Waals surface area contributed by atoms with Crippen molar-refractivity contribution in [3.63, 3.8) is 0 Å². The summed E-state index contributed by atoms with van der Waals surface area (Å²) in [7, 11) is 1.56. The molecule has 5 rings (SSSR count). The SMILES string of the molecule is COc1ccccc1C1(O)C(O)CC(c2ccccc2)(c2ccccc2)C2CN(C(=O)OC(C)(C)C)CC21. The molecule has 3 aromatic carbocycles. The average molecular weight is 516 g/mol. The highest BCUT2D eigenvalue weighted by Crippen LogP contribution is 2.60. The van der Waals surface area contributed by atoms with Crippen molar-refractivity contribution in [3.8, 4) is 5.75 Å². The van der Waals surface area contributed by atoms with E-state index < -0.39 is 34.7 Å². The molecule has 6 heteroatoms. The van der Waals surface area contributed by atoms with Gasteiger partial charge < -0.3 is 24.6 Å². The largest absolute Gasteiger partial charge is 0.496 e. The van der Waals surface area contributed by atoms with E-state index in [0.717, 1.165) is 11.1 Å². The van der Waals surface area contributed by atoms with Crippen LogP contribution >= 0.6 is 0 Å². The number of benzene rings is 3. The van der Waals surface area contributed by atoms with Crippen LogP contribution in [0, 0.1) is 11.8 Å². The zero-order valence-electron chi connectivity index (χ0n) is 22.5. The van der Waals surface area contributed by atoms with Crippen molar-refractivity contribution in [3.05, 3.63) is 102 Å². The lowest BCUT2D eigenvalue weighted by molar-refractivity contribution is -0.167. The Bertz CT molecular complexity index is 1230. The fraction of sp³-hybridized carbons (Fsp3) is 0.406. The quantitative estimate of drug-likeness (QED) is 0.505. The Balaban J connectivity index is 1.72. The first-order valence-electron chi connectivity index (χ1n) is 13.2. The lowest BCUT2D eigenvalue weighted by Gasteiger charge is -2.55. The maximum absolute atomic E-state index is 13.4. The van der Waals surface area contributed by atoms with Gasteiger partial charge in [0.25, 0.3) is 0 Å². The smallest absolute Gasteiger partial charge is 0.410 e. The van der Waals surface area contributed by atoms with E-state index >= 15 is 0 Å². The zero-order chi connectivity index (χ0) is 27.1. The number of ether oxygens (including phenoxy) is 2. The number of aliphatic hydroxyl groups excluding tert-OH is 1. The third kappa shape index (κ3) is 4.26. The van der Waals surface area contributed by atoms with E-state index in [2.05, 4.69) is 24.3 Å². The number of methoxy groups -OCH3 is 1. The minimum atomic E-state index is -1.64. The molecule has 38 heavy (non-hydrogen) atoms. The molecule has 0 bridgehead atoms. The summed E-state index contributed by atoms with van der Waals surface area (Å²) in [5, 5.41) is 24.5. The molecule has 0 radical (unpaired) electrons. The molecule has 2 aliphatic rings. The predicted molar refractivity (Wildman–Crippen MR) is 146 cm³/mol. The number of nitrogens with zero attached hydrogens (tertiary/aromatic N) is 1. The summed E-state index contributed by atoms with van der Waals surface area (Å²) in [5.74, 6) is -0.191. The third-order valence-electron chi connectivity index (χ3n) is 8.31. The first kappa shape index (κ1) is 26.3. The van der Waals surface area contributed by atoms with E-state index in [-0.39, 0.29) is 18.9 Å². The van der Waals surface area contributed by atoms with Crippen LogP contribution in [0.5, 0.6) is 5.75 Å². The van der Waals surface area contributed by atoms with Crippen LogP contribution in [0.4, 0.5) is 4.79 Å². The number of likely N-dealkylation sites (tertiary alicyclic amines) is 1. The fourth-order valence-corrected chi connectivity index (χ4v) is 6.74. The van der Waals surface area contributed by atoms with E-state index in [1.807, 2.05) is 75.4 Å². The molecule has 4 unspecified atom stereocenters. The maximum Gasteiger partial charge on any atom is 0.410 e. The maximum atomic E-state index is 13.4. The number of carbonyl (C=O) groups excluding carboxylic acids is 1. The summed E-state index contributed by atoms with van der Waals surface area (Å²) in [6.45, 7) is 6.17. The van der Waals surface area contributed by atoms with Crippen LogP contribution in [0.25, 0.3) is 0 Å². The van der Waals surface area contributed by atoms with Gasteiger partial charge in [-0.3, -0.25) is 0 Å². The molecular weight excluding hydrogens is 478 g/mol. The Morgan fingerprint density at radius 1 is 0.868 bits per heavy atom. The second-order valence-electron chi connectivity index (χ2n) is 11.5. The minimum Gasteiger partial charge on any atom is -0.496 e. The molecule has 200 valence electrons. The Kier molecular flexibility index (Phi) is 6.74. The molecule has 0 aromatic heterocycles. The van der Waals surface area contributed by atoms with Crippen LogP contribution in [0.2, 0.25) is 0 Å². The Hall–Kier alpha value is -3.35. The second kappa shape index (κ2) is 9.75. The van der Waals surface area contributed by atoms with Gasteiger partial charge in [-0.2, -0.15) is 0 Å². The van der Waals surface area contributed by atoms with Gasteiger partial charge in [-0.25, -0.2) is 4.79 Å². The van der Waals surface area contributed by atoms with E-state index in [9.17, 15) is 15.0 Å². The Morgan fingerprint density at radius 2 is 1.39 bits per heavy atom. The Labute approximate surface area is 224 Å². The molecule has 3 aromatic rings. The molecule has 1 aliphatic carbocycles. The van der Waals surface area contributed by atoms with Gasteiger partial charge in [0.1, 0.15) is 17.0 Å². The first-order valence-corrected chi connectivity index (χ1v) is 13.2. The van der Waals surface area contributed by atoms with Crippen molar-refractivity contribution < 1.29 is 24.5 Å². The lowest BCUT2D eigenvalue weighted by atomic mass is 9.51. The highest BCUT2D eigenvalue weighted by atomic mass is 16.6. The van der Waals surface area contributed by atoms with Gasteiger partial charge in [-0.15, -0.1) is 0 Å². The molecule has 1 amide bonds. The van der Waals surface area contributed by atoms with Crippen molar-refractivity contribution in [1.29, 1.82) is 0 Å². The van der Waals surface area contributed by atoms with E-state index in [4.69, 9.17) is 9.47 Å². The number of hydrogen-bond acceptors (Lipinski definition) is 5. The highest BCUT2D eigenvalue weighted by Gasteiger charge is 2.65. The molecule has 2 fully saturated rings. The summed E-state index contributed by atoms with van der Waals surface area (Å²) in [6.07, 6.45) is -1.27. The highest BCUT2D eigenvalue weighted by molar-refractivity contribution is 5.69. The molecule has 4 atom stereocenters. The van der Waals surface area contributed by atoms with Crippen molar-refractivity contribution in [2.45, 2.75) is 49.9 Å². The minimum absolute atomic E-state index is 0.210. The number of rotatable bonds is 4. The number of para-hydroxylation sites is 1. The van der Waals surface area contributed by atoms with E-state index in [0.29, 0.717) is 17.9 Å². The average Bonchev–Trinajstić information content (AvgIpc) is 3.38. The summed E-state index contributed by atoms with van der Waals surface area (Å²) >= 11 is 0. The zero-order valence-corrected chi connectivity index (χ0v) is 22.5.